The number of nitrogens with one attached hydrogen (secondary N) is 1. The Morgan fingerprint density at radius 1 is 0.917 bits per heavy atom. The molecule has 0 unspecified atom stereocenters. The first kappa shape index (κ1) is 16.3. The molecular weight excluding hydrogens is 347 g/mol. The number of ether oxygens (including phenoxy) is 1. The predicted octanol–water partition coefficient (Wildman–Crippen LogP) is 5.43. The Morgan fingerprint density at radius 2 is 1.71 bits per heavy atom. The van der Waals surface area contributed by atoms with Crippen molar-refractivity contribution in [2.24, 2.45) is 0 Å². The highest BCUT2D eigenvalue weighted by atomic mass is 35.5. The van der Waals surface area contributed by atoms with Gasteiger partial charge in [-0.15, -0.1) is 0 Å². The predicted molar refractivity (Wildman–Crippen MR) is 95.2 cm³/mol. The van der Waals surface area contributed by atoms with Gasteiger partial charge in [0.2, 0.25) is 0 Å². The summed E-state index contributed by atoms with van der Waals surface area (Å²) in [5, 5.41) is 3.53. The molecule has 1 heterocycles. The highest BCUT2D eigenvalue weighted by Gasteiger charge is 2.09. The van der Waals surface area contributed by atoms with Crippen LogP contribution in [0, 0.1) is 0 Å². The monoisotopic (exact) mass is 358 g/mol. The number of aromatic nitrogens is 1. The molecule has 1 N–H and O–H groups in total. The zero-order valence-corrected chi connectivity index (χ0v) is 13.9. The summed E-state index contributed by atoms with van der Waals surface area (Å²) < 4.78 is 5.71. The van der Waals surface area contributed by atoms with Crippen molar-refractivity contribution >= 4 is 34.8 Å². The summed E-state index contributed by atoms with van der Waals surface area (Å²) in [6, 6.07) is 15.3. The zero-order valence-electron chi connectivity index (χ0n) is 12.4. The minimum atomic E-state index is -0.283. The molecule has 0 aliphatic heterocycles. The second-order valence-electron chi connectivity index (χ2n) is 4.90. The number of anilines is 1. The maximum atomic E-state index is 12.3. The van der Waals surface area contributed by atoms with Gasteiger partial charge in [-0.1, -0.05) is 29.3 Å². The Kier molecular flexibility index (Phi) is 4.99. The molecule has 0 saturated heterocycles. The lowest BCUT2D eigenvalue weighted by Crippen LogP contribution is -2.11. The molecule has 120 valence electrons. The van der Waals surface area contributed by atoms with Crippen molar-refractivity contribution in [2.45, 2.75) is 0 Å². The number of carbonyl (C=O) groups is 1. The van der Waals surface area contributed by atoms with Crippen LogP contribution in [0.2, 0.25) is 10.0 Å². The van der Waals surface area contributed by atoms with Gasteiger partial charge in [-0.2, -0.15) is 0 Å². The fourth-order valence-electron chi connectivity index (χ4n) is 2.02. The third-order valence-corrected chi connectivity index (χ3v) is 3.90. The van der Waals surface area contributed by atoms with Gasteiger partial charge in [0.1, 0.15) is 11.5 Å². The first-order chi connectivity index (χ1) is 11.6. The van der Waals surface area contributed by atoms with Gasteiger partial charge in [0, 0.05) is 29.7 Å². The molecule has 3 rings (SSSR count). The molecule has 1 aromatic heterocycles. The topological polar surface area (TPSA) is 51.2 Å². The van der Waals surface area contributed by atoms with Crippen LogP contribution in [0.1, 0.15) is 10.4 Å². The number of rotatable bonds is 4. The summed E-state index contributed by atoms with van der Waals surface area (Å²) in [7, 11) is 0. The third-order valence-electron chi connectivity index (χ3n) is 3.16. The van der Waals surface area contributed by atoms with E-state index in [4.69, 9.17) is 27.9 Å². The van der Waals surface area contributed by atoms with Crippen molar-refractivity contribution < 1.29 is 9.53 Å². The summed E-state index contributed by atoms with van der Waals surface area (Å²) in [6.07, 6.45) is 3.29. The molecule has 0 radical (unpaired) electrons. The van der Waals surface area contributed by atoms with Gasteiger partial charge in [0.25, 0.3) is 5.91 Å². The van der Waals surface area contributed by atoms with Gasteiger partial charge in [-0.05, 0) is 42.5 Å². The summed E-state index contributed by atoms with van der Waals surface area (Å²) in [6.45, 7) is 0. The van der Waals surface area contributed by atoms with E-state index in [2.05, 4.69) is 10.3 Å². The van der Waals surface area contributed by atoms with Crippen molar-refractivity contribution in [3.8, 4) is 11.5 Å². The molecule has 0 aliphatic carbocycles. The molecule has 0 atom stereocenters. The quantitative estimate of drug-likeness (QED) is 0.676. The Hall–Kier alpha value is -2.56. The van der Waals surface area contributed by atoms with Gasteiger partial charge >= 0.3 is 0 Å². The largest absolute Gasteiger partial charge is 0.457 e. The van der Waals surface area contributed by atoms with E-state index >= 15 is 0 Å². The summed E-state index contributed by atoms with van der Waals surface area (Å²) >= 11 is 11.8. The number of halogens is 2. The van der Waals surface area contributed by atoms with Crippen molar-refractivity contribution in [3.05, 3.63) is 82.6 Å². The van der Waals surface area contributed by atoms with Crippen LogP contribution in [-0.2, 0) is 0 Å². The first-order valence-corrected chi connectivity index (χ1v) is 7.82. The number of hydrogen-bond acceptors (Lipinski definition) is 3. The molecule has 1 amide bonds. The van der Waals surface area contributed by atoms with Crippen LogP contribution in [0.3, 0.4) is 0 Å². The molecule has 4 nitrogen and oxygen atoms in total. The third kappa shape index (κ3) is 4.04. The molecule has 6 heteroatoms. The maximum absolute atomic E-state index is 12.3. The average Bonchev–Trinajstić information content (AvgIpc) is 2.58. The van der Waals surface area contributed by atoms with E-state index in [0.717, 1.165) is 0 Å². The Labute approximate surface area is 149 Å². The van der Waals surface area contributed by atoms with Gasteiger partial charge in [0.15, 0.2) is 0 Å². The number of pyridine rings is 1. The van der Waals surface area contributed by atoms with Crippen LogP contribution >= 0.6 is 23.2 Å². The van der Waals surface area contributed by atoms with Crippen molar-refractivity contribution in [2.75, 3.05) is 5.32 Å². The Morgan fingerprint density at radius 3 is 2.46 bits per heavy atom. The number of nitrogens with zero attached hydrogens (tertiary/aromatic N) is 1. The lowest BCUT2D eigenvalue weighted by atomic mass is 10.2. The zero-order chi connectivity index (χ0) is 16.9. The molecule has 0 bridgehead atoms. The number of hydrogen-bond donors (Lipinski definition) is 1. The molecule has 2 aromatic carbocycles. The van der Waals surface area contributed by atoms with E-state index in [1.165, 1.54) is 6.07 Å². The van der Waals surface area contributed by atoms with E-state index in [-0.39, 0.29) is 5.91 Å². The first-order valence-electron chi connectivity index (χ1n) is 7.06. The minimum absolute atomic E-state index is 0.283. The van der Waals surface area contributed by atoms with Crippen molar-refractivity contribution in [1.29, 1.82) is 0 Å². The summed E-state index contributed by atoms with van der Waals surface area (Å²) in [4.78, 5) is 16.2. The molecular formula is C18H12Cl2N2O2. The molecule has 0 saturated carbocycles. The SMILES string of the molecule is O=C(Nc1cccc(Oc2ccncc2)c1)c1ccc(Cl)c(Cl)c1. The van der Waals surface area contributed by atoms with Gasteiger partial charge in [0.05, 0.1) is 10.0 Å². The van der Waals surface area contributed by atoms with Crippen LogP contribution in [0.4, 0.5) is 5.69 Å². The van der Waals surface area contributed by atoms with Crippen LogP contribution in [-0.4, -0.2) is 10.9 Å². The second kappa shape index (κ2) is 7.34. The molecule has 0 fully saturated rings. The van der Waals surface area contributed by atoms with Crippen molar-refractivity contribution in [3.63, 3.8) is 0 Å². The van der Waals surface area contributed by atoms with E-state index in [0.29, 0.717) is 32.8 Å². The maximum Gasteiger partial charge on any atom is 0.255 e. The highest BCUT2D eigenvalue weighted by molar-refractivity contribution is 6.42. The summed E-state index contributed by atoms with van der Waals surface area (Å²) in [5.41, 5.74) is 1.03. The van der Waals surface area contributed by atoms with Gasteiger partial charge in [-0.25, -0.2) is 0 Å². The van der Waals surface area contributed by atoms with Crippen LogP contribution in [0.5, 0.6) is 11.5 Å². The van der Waals surface area contributed by atoms with Crippen LogP contribution in [0.25, 0.3) is 0 Å². The van der Waals surface area contributed by atoms with Gasteiger partial charge in [-0.3, -0.25) is 9.78 Å². The van der Waals surface area contributed by atoms with E-state index in [9.17, 15) is 4.79 Å². The minimum Gasteiger partial charge on any atom is -0.457 e. The Bertz CT molecular complexity index is 870. The van der Waals surface area contributed by atoms with Crippen LogP contribution < -0.4 is 10.1 Å². The standard InChI is InChI=1S/C18H12Cl2N2O2/c19-16-5-4-12(10-17(16)20)18(23)22-13-2-1-3-15(11-13)24-14-6-8-21-9-7-14/h1-11H,(H,22,23). The molecule has 24 heavy (non-hydrogen) atoms. The normalized spacial score (nSPS) is 10.2. The molecule has 0 spiro atoms. The van der Waals surface area contributed by atoms with Crippen LogP contribution in [0.15, 0.2) is 67.0 Å². The van der Waals surface area contributed by atoms with E-state index in [1.807, 2.05) is 0 Å². The van der Waals surface area contributed by atoms with E-state index in [1.54, 1.807) is 60.9 Å². The lowest BCUT2D eigenvalue weighted by Gasteiger charge is -2.09. The number of carbonyl (C=O) groups excluding carboxylic acids is 1. The second-order valence-corrected chi connectivity index (χ2v) is 5.71. The Balaban J connectivity index is 1.74. The number of amides is 1. The molecule has 0 aliphatic rings. The van der Waals surface area contributed by atoms with E-state index < -0.39 is 0 Å². The van der Waals surface area contributed by atoms with Gasteiger partial charge < -0.3 is 10.1 Å². The highest BCUT2D eigenvalue weighted by Crippen LogP contribution is 2.25. The average molecular weight is 359 g/mol. The number of benzene rings is 2. The molecule has 3 aromatic rings. The fraction of sp³-hybridized carbons (Fsp3) is 0. The summed E-state index contributed by atoms with van der Waals surface area (Å²) in [5.74, 6) is 0.987. The van der Waals surface area contributed by atoms with Crippen molar-refractivity contribution in [1.82, 2.24) is 4.98 Å². The lowest BCUT2D eigenvalue weighted by molar-refractivity contribution is 0.102. The smallest absolute Gasteiger partial charge is 0.255 e. The fourth-order valence-corrected chi connectivity index (χ4v) is 2.32.